The largest absolute Gasteiger partial charge is 0.450 e. The van der Waals surface area contributed by atoms with E-state index in [1.165, 1.54) is 6.07 Å². The van der Waals surface area contributed by atoms with Gasteiger partial charge in [0.15, 0.2) is 0 Å². The summed E-state index contributed by atoms with van der Waals surface area (Å²) in [6, 6.07) is 7.81. The van der Waals surface area contributed by atoms with Gasteiger partial charge >= 0.3 is 6.09 Å². The zero-order valence-electron chi connectivity index (χ0n) is 14.9. The minimum absolute atomic E-state index is 0.175. The highest BCUT2D eigenvalue weighted by molar-refractivity contribution is 5.67. The second-order valence-electron chi connectivity index (χ2n) is 6.87. The predicted octanol–water partition coefficient (Wildman–Crippen LogP) is 3.01. The molecule has 2 saturated heterocycles. The first-order chi connectivity index (χ1) is 12.2. The number of hydrogen-bond acceptors (Lipinski definition) is 4. The standard InChI is InChI=1S/C19H28FN3O2/c1-2-25-19(24)23-12-8-17(9-13-23)21-16-6-10-22(11-7-16)18-5-3-4-15(20)14-18/h3-5,14,16-17,21H,2,6-13H2,1H3. The minimum Gasteiger partial charge on any atom is -0.450 e. The van der Waals surface area contributed by atoms with Crippen molar-refractivity contribution in [3.05, 3.63) is 30.1 Å². The number of amides is 1. The Morgan fingerprint density at radius 2 is 1.80 bits per heavy atom. The number of rotatable bonds is 4. The molecule has 0 radical (unpaired) electrons. The van der Waals surface area contributed by atoms with Gasteiger partial charge in [-0.3, -0.25) is 0 Å². The van der Waals surface area contributed by atoms with Crippen molar-refractivity contribution in [3.8, 4) is 0 Å². The number of carbonyl (C=O) groups excluding carboxylic acids is 1. The molecule has 0 spiro atoms. The number of ether oxygens (including phenoxy) is 1. The van der Waals surface area contributed by atoms with Crippen LogP contribution in [0.5, 0.6) is 0 Å². The van der Waals surface area contributed by atoms with E-state index in [9.17, 15) is 9.18 Å². The Kier molecular flexibility index (Phi) is 6.13. The molecule has 2 aliphatic rings. The fraction of sp³-hybridized carbons (Fsp3) is 0.632. The van der Waals surface area contributed by atoms with Crippen LogP contribution in [-0.4, -0.2) is 55.9 Å². The number of piperidine rings is 2. The molecule has 2 aliphatic heterocycles. The zero-order chi connectivity index (χ0) is 17.6. The molecule has 1 aromatic rings. The van der Waals surface area contributed by atoms with E-state index in [-0.39, 0.29) is 11.9 Å². The average molecular weight is 349 g/mol. The maximum Gasteiger partial charge on any atom is 0.409 e. The number of likely N-dealkylation sites (tertiary alicyclic amines) is 1. The maximum absolute atomic E-state index is 13.4. The summed E-state index contributed by atoms with van der Waals surface area (Å²) in [5, 5.41) is 3.75. The monoisotopic (exact) mass is 349 g/mol. The van der Waals surface area contributed by atoms with Crippen LogP contribution in [-0.2, 0) is 4.74 Å². The molecule has 3 rings (SSSR count). The van der Waals surface area contributed by atoms with Gasteiger partial charge in [-0.05, 0) is 50.8 Å². The molecule has 25 heavy (non-hydrogen) atoms. The molecule has 2 fully saturated rings. The summed E-state index contributed by atoms with van der Waals surface area (Å²) in [6.45, 7) is 5.69. The highest BCUT2D eigenvalue weighted by Crippen LogP contribution is 2.22. The molecule has 1 N–H and O–H groups in total. The lowest BCUT2D eigenvalue weighted by atomic mass is 9.99. The smallest absolute Gasteiger partial charge is 0.409 e. The molecule has 0 saturated carbocycles. The first kappa shape index (κ1) is 18.0. The lowest BCUT2D eigenvalue weighted by Crippen LogP contribution is -2.50. The van der Waals surface area contributed by atoms with Crippen molar-refractivity contribution in [1.29, 1.82) is 0 Å². The molecule has 1 aromatic carbocycles. The Balaban J connectivity index is 1.40. The minimum atomic E-state index is -0.190. The molecule has 0 atom stereocenters. The molecule has 1 amide bonds. The van der Waals surface area contributed by atoms with Crippen molar-refractivity contribution in [2.45, 2.75) is 44.7 Å². The predicted molar refractivity (Wildman–Crippen MR) is 96.4 cm³/mol. The van der Waals surface area contributed by atoms with Crippen molar-refractivity contribution in [3.63, 3.8) is 0 Å². The topological polar surface area (TPSA) is 44.8 Å². The quantitative estimate of drug-likeness (QED) is 0.908. The SMILES string of the molecule is CCOC(=O)N1CCC(NC2CCN(c3cccc(F)c3)CC2)CC1. The van der Waals surface area contributed by atoms with Gasteiger partial charge in [-0.1, -0.05) is 6.07 Å². The molecule has 5 nitrogen and oxygen atoms in total. The van der Waals surface area contributed by atoms with Gasteiger partial charge in [0.2, 0.25) is 0 Å². The van der Waals surface area contributed by atoms with Crippen LogP contribution in [0, 0.1) is 5.82 Å². The van der Waals surface area contributed by atoms with Crippen molar-refractivity contribution in [2.24, 2.45) is 0 Å². The normalized spacial score (nSPS) is 19.9. The molecule has 2 heterocycles. The van der Waals surface area contributed by atoms with Gasteiger partial charge in [0.05, 0.1) is 6.61 Å². The van der Waals surface area contributed by atoms with Crippen molar-refractivity contribution in [2.75, 3.05) is 37.7 Å². The second kappa shape index (κ2) is 8.52. The van der Waals surface area contributed by atoms with Gasteiger partial charge < -0.3 is 19.9 Å². The molecular weight excluding hydrogens is 321 g/mol. The highest BCUT2D eigenvalue weighted by atomic mass is 19.1. The molecule has 0 bridgehead atoms. The van der Waals surface area contributed by atoms with Crippen LogP contribution in [0.1, 0.15) is 32.6 Å². The summed E-state index contributed by atoms with van der Waals surface area (Å²) in [5.74, 6) is -0.175. The molecule has 138 valence electrons. The molecule has 0 aromatic heterocycles. The van der Waals surface area contributed by atoms with Crippen molar-refractivity contribution < 1.29 is 13.9 Å². The summed E-state index contributed by atoms with van der Waals surface area (Å²) >= 11 is 0. The van der Waals surface area contributed by atoms with Gasteiger partial charge in [0.1, 0.15) is 5.82 Å². The first-order valence-electron chi connectivity index (χ1n) is 9.34. The number of halogens is 1. The van der Waals surface area contributed by atoms with Gasteiger partial charge in [-0.15, -0.1) is 0 Å². The number of hydrogen-bond donors (Lipinski definition) is 1. The Bertz CT molecular complexity index is 568. The third kappa shape index (κ3) is 4.84. The number of anilines is 1. The molecule has 0 unspecified atom stereocenters. The lowest BCUT2D eigenvalue weighted by Gasteiger charge is -2.38. The first-order valence-corrected chi connectivity index (χ1v) is 9.34. The molecular formula is C19H28FN3O2. The van der Waals surface area contributed by atoms with E-state index in [0.717, 1.165) is 57.5 Å². The van der Waals surface area contributed by atoms with E-state index in [2.05, 4.69) is 10.2 Å². The van der Waals surface area contributed by atoms with Crippen LogP contribution >= 0.6 is 0 Å². The number of nitrogens with zero attached hydrogens (tertiary/aromatic N) is 2. The summed E-state index contributed by atoms with van der Waals surface area (Å²) < 4.78 is 18.4. The van der Waals surface area contributed by atoms with Crippen LogP contribution in [0.25, 0.3) is 0 Å². The summed E-state index contributed by atoms with van der Waals surface area (Å²) in [6.07, 6.45) is 3.89. The van der Waals surface area contributed by atoms with Crippen molar-refractivity contribution >= 4 is 11.8 Å². The van der Waals surface area contributed by atoms with Gasteiger partial charge in [-0.2, -0.15) is 0 Å². The number of carbonyl (C=O) groups is 1. The third-order valence-corrected chi connectivity index (χ3v) is 5.16. The van der Waals surface area contributed by atoms with E-state index in [0.29, 0.717) is 18.7 Å². The lowest BCUT2D eigenvalue weighted by molar-refractivity contribution is 0.0938. The summed E-state index contributed by atoms with van der Waals surface area (Å²) in [7, 11) is 0. The van der Waals surface area contributed by atoms with Gasteiger partial charge in [0, 0.05) is 44.0 Å². The summed E-state index contributed by atoms with van der Waals surface area (Å²) in [4.78, 5) is 15.8. The highest BCUT2D eigenvalue weighted by Gasteiger charge is 2.27. The third-order valence-electron chi connectivity index (χ3n) is 5.16. The number of nitrogens with one attached hydrogen (secondary N) is 1. The Labute approximate surface area is 149 Å². The van der Waals surface area contributed by atoms with Crippen LogP contribution in [0.15, 0.2) is 24.3 Å². The fourth-order valence-electron chi connectivity index (χ4n) is 3.75. The van der Waals surface area contributed by atoms with E-state index in [1.54, 1.807) is 17.0 Å². The van der Waals surface area contributed by atoms with E-state index >= 15 is 0 Å². The van der Waals surface area contributed by atoms with Crippen molar-refractivity contribution in [1.82, 2.24) is 10.2 Å². The summed E-state index contributed by atoms with van der Waals surface area (Å²) in [5.41, 5.74) is 0.973. The number of benzene rings is 1. The van der Waals surface area contributed by atoms with E-state index in [1.807, 2.05) is 13.0 Å². The Morgan fingerprint density at radius 1 is 1.16 bits per heavy atom. The van der Waals surface area contributed by atoms with Crippen LogP contribution in [0.4, 0.5) is 14.9 Å². The zero-order valence-corrected chi connectivity index (χ0v) is 14.9. The molecule has 6 heteroatoms. The van der Waals surface area contributed by atoms with Crippen LogP contribution in [0.2, 0.25) is 0 Å². The van der Waals surface area contributed by atoms with Gasteiger partial charge in [-0.25, -0.2) is 9.18 Å². The van der Waals surface area contributed by atoms with Gasteiger partial charge in [0.25, 0.3) is 0 Å². The van der Waals surface area contributed by atoms with E-state index < -0.39 is 0 Å². The van der Waals surface area contributed by atoms with Crippen LogP contribution < -0.4 is 10.2 Å². The Hall–Kier alpha value is -1.82. The fourth-order valence-corrected chi connectivity index (χ4v) is 3.75. The maximum atomic E-state index is 13.4. The van der Waals surface area contributed by atoms with E-state index in [4.69, 9.17) is 4.74 Å². The second-order valence-corrected chi connectivity index (χ2v) is 6.87. The molecule has 0 aliphatic carbocycles. The average Bonchev–Trinajstić information content (AvgIpc) is 2.63. The Morgan fingerprint density at radius 3 is 2.40 bits per heavy atom. The van der Waals surface area contributed by atoms with Crippen LogP contribution in [0.3, 0.4) is 0 Å².